The number of nitrogens with zero attached hydrogens (tertiary/aromatic N) is 2. The summed E-state index contributed by atoms with van der Waals surface area (Å²) in [5.41, 5.74) is 5.43. The molecular formula is C22H30N4O2. The van der Waals surface area contributed by atoms with Crippen LogP contribution in [-0.2, 0) is 35.4 Å². The van der Waals surface area contributed by atoms with Crippen molar-refractivity contribution < 1.29 is 9.59 Å². The van der Waals surface area contributed by atoms with Gasteiger partial charge in [0.1, 0.15) is 0 Å². The second-order valence-corrected chi connectivity index (χ2v) is 7.54. The van der Waals surface area contributed by atoms with Crippen molar-refractivity contribution in [2.24, 2.45) is 0 Å². The van der Waals surface area contributed by atoms with E-state index in [4.69, 9.17) is 0 Å². The maximum Gasteiger partial charge on any atom is 0.224 e. The van der Waals surface area contributed by atoms with E-state index in [1.807, 2.05) is 24.3 Å². The number of fused-ring (bicyclic) bond motifs is 1. The number of amides is 2. The van der Waals surface area contributed by atoms with Gasteiger partial charge in [-0.15, -0.1) is 0 Å². The number of aromatic amines is 1. The molecule has 0 aliphatic heterocycles. The first-order chi connectivity index (χ1) is 13.6. The van der Waals surface area contributed by atoms with Gasteiger partial charge >= 0.3 is 0 Å². The van der Waals surface area contributed by atoms with E-state index in [1.54, 1.807) is 11.9 Å². The number of anilines is 1. The fourth-order valence-electron chi connectivity index (χ4n) is 3.67. The minimum Gasteiger partial charge on any atom is -0.340 e. The molecule has 0 spiro atoms. The summed E-state index contributed by atoms with van der Waals surface area (Å²) < 4.78 is 0. The molecule has 0 fully saturated rings. The molecule has 1 aromatic carbocycles. The summed E-state index contributed by atoms with van der Waals surface area (Å²) >= 11 is 0. The summed E-state index contributed by atoms with van der Waals surface area (Å²) in [5, 5.41) is 10.5. The summed E-state index contributed by atoms with van der Waals surface area (Å²) in [6.07, 6.45) is 6.98. The zero-order valence-corrected chi connectivity index (χ0v) is 16.9. The van der Waals surface area contributed by atoms with Crippen LogP contribution in [0.3, 0.4) is 0 Å². The van der Waals surface area contributed by atoms with Gasteiger partial charge in [-0.1, -0.05) is 25.5 Å². The molecule has 6 heteroatoms. The first-order valence-electron chi connectivity index (χ1n) is 10.2. The Morgan fingerprint density at radius 3 is 2.82 bits per heavy atom. The van der Waals surface area contributed by atoms with Crippen LogP contribution in [0.4, 0.5) is 5.69 Å². The van der Waals surface area contributed by atoms with Crippen LogP contribution in [0.15, 0.2) is 24.3 Å². The van der Waals surface area contributed by atoms with Crippen LogP contribution in [0.1, 0.15) is 61.5 Å². The molecular weight excluding hydrogens is 352 g/mol. The van der Waals surface area contributed by atoms with E-state index in [-0.39, 0.29) is 24.7 Å². The number of rotatable bonds is 7. The number of carbonyl (C=O) groups excluding carboxylic acids is 2. The van der Waals surface area contributed by atoms with Gasteiger partial charge in [-0.3, -0.25) is 14.7 Å². The minimum absolute atomic E-state index is 0.0390. The third-order valence-corrected chi connectivity index (χ3v) is 5.39. The third kappa shape index (κ3) is 5.21. The Labute approximate surface area is 166 Å². The Morgan fingerprint density at radius 1 is 1.18 bits per heavy atom. The highest BCUT2D eigenvalue weighted by atomic mass is 16.2. The fourth-order valence-corrected chi connectivity index (χ4v) is 3.67. The summed E-state index contributed by atoms with van der Waals surface area (Å²) in [6.45, 7) is 2.57. The molecule has 0 atom stereocenters. The zero-order valence-electron chi connectivity index (χ0n) is 16.9. The Morgan fingerprint density at radius 2 is 2.00 bits per heavy atom. The Bertz CT molecular complexity index is 828. The number of benzene rings is 1. The number of aryl methyl sites for hydroxylation is 2. The third-order valence-electron chi connectivity index (χ3n) is 5.39. The number of nitrogens with one attached hydrogen (secondary N) is 2. The van der Waals surface area contributed by atoms with Crippen LogP contribution in [0.2, 0.25) is 0 Å². The van der Waals surface area contributed by atoms with E-state index in [2.05, 4.69) is 22.4 Å². The highest BCUT2D eigenvalue weighted by Crippen LogP contribution is 2.22. The molecule has 28 heavy (non-hydrogen) atoms. The molecule has 0 saturated heterocycles. The molecule has 6 nitrogen and oxygen atoms in total. The lowest BCUT2D eigenvalue weighted by molar-refractivity contribution is -0.132. The number of carbonyl (C=O) groups is 2. The van der Waals surface area contributed by atoms with Gasteiger partial charge in [-0.2, -0.15) is 5.10 Å². The normalized spacial score (nSPS) is 13.5. The lowest BCUT2D eigenvalue weighted by Crippen LogP contribution is -2.27. The quantitative estimate of drug-likeness (QED) is 0.718. The lowest BCUT2D eigenvalue weighted by Gasteiger charge is -2.17. The maximum absolute atomic E-state index is 12.5. The van der Waals surface area contributed by atoms with Crippen molar-refractivity contribution in [3.8, 4) is 0 Å². The van der Waals surface area contributed by atoms with E-state index in [0.717, 1.165) is 30.6 Å². The van der Waals surface area contributed by atoms with Crippen molar-refractivity contribution in [2.45, 2.75) is 64.8 Å². The largest absolute Gasteiger partial charge is 0.340 e. The first-order valence-corrected chi connectivity index (χ1v) is 10.2. The number of H-pyrrole nitrogens is 1. The molecule has 1 aliphatic carbocycles. The van der Waals surface area contributed by atoms with E-state index in [0.29, 0.717) is 6.54 Å². The molecule has 0 radical (unpaired) electrons. The Balaban J connectivity index is 1.49. The van der Waals surface area contributed by atoms with Gasteiger partial charge in [-0.25, -0.2) is 0 Å². The van der Waals surface area contributed by atoms with E-state index in [9.17, 15) is 9.59 Å². The van der Waals surface area contributed by atoms with Gasteiger partial charge < -0.3 is 10.2 Å². The average Bonchev–Trinajstić information content (AvgIpc) is 2.92. The van der Waals surface area contributed by atoms with Gasteiger partial charge in [0.25, 0.3) is 0 Å². The van der Waals surface area contributed by atoms with Gasteiger partial charge in [0.05, 0.1) is 12.2 Å². The molecule has 1 aromatic heterocycles. The van der Waals surface area contributed by atoms with Crippen LogP contribution in [0.5, 0.6) is 0 Å². The highest BCUT2D eigenvalue weighted by Gasteiger charge is 2.19. The van der Waals surface area contributed by atoms with Crippen molar-refractivity contribution in [3.05, 3.63) is 46.8 Å². The second kappa shape index (κ2) is 9.53. The smallest absolute Gasteiger partial charge is 0.224 e. The molecule has 0 saturated carbocycles. The number of aromatic nitrogens is 2. The molecule has 150 valence electrons. The topological polar surface area (TPSA) is 78.1 Å². The molecule has 2 aromatic rings. The van der Waals surface area contributed by atoms with Crippen LogP contribution < -0.4 is 5.32 Å². The monoisotopic (exact) mass is 382 g/mol. The number of hydrogen-bond acceptors (Lipinski definition) is 3. The van der Waals surface area contributed by atoms with E-state index < -0.39 is 0 Å². The predicted octanol–water partition coefficient (Wildman–Crippen LogP) is 3.62. The van der Waals surface area contributed by atoms with Crippen LogP contribution in [0, 0.1) is 0 Å². The van der Waals surface area contributed by atoms with Gasteiger partial charge in [0, 0.05) is 31.3 Å². The summed E-state index contributed by atoms with van der Waals surface area (Å²) in [6, 6.07) is 7.80. The van der Waals surface area contributed by atoms with Gasteiger partial charge in [0.2, 0.25) is 11.8 Å². The molecule has 0 bridgehead atoms. The molecule has 3 rings (SSSR count). The Kier molecular flexibility index (Phi) is 6.85. The molecule has 0 unspecified atom stereocenters. The first kappa shape index (κ1) is 20.1. The lowest BCUT2D eigenvalue weighted by atomic mass is 10.1. The zero-order chi connectivity index (χ0) is 19.9. The molecule has 2 amide bonds. The molecule has 2 N–H and O–H groups in total. The average molecular weight is 383 g/mol. The van der Waals surface area contributed by atoms with Crippen LogP contribution in [-0.4, -0.2) is 34.0 Å². The van der Waals surface area contributed by atoms with Crippen molar-refractivity contribution >= 4 is 17.5 Å². The maximum atomic E-state index is 12.5. The van der Waals surface area contributed by atoms with Crippen LogP contribution in [0.25, 0.3) is 0 Å². The Hall–Kier alpha value is -2.63. The fraction of sp³-hybridized carbons (Fsp3) is 0.500. The van der Waals surface area contributed by atoms with Crippen molar-refractivity contribution in [1.29, 1.82) is 0 Å². The van der Waals surface area contributed by atoms with Crippen molar-refractivity contribution in [2.75, 3.05) is 12.4 Å². The molecule has 1 heterocycles. The van der Waals surface area contributed by atoms with Gasteiger partial charge in [-0.05, 0) is 55.4 Å². The summed E-state index contributed by atoms with van der Waals surface area (Å²) in [5.74, 6) is -0.175. The highest BCUT2D eigenvalue weighted by molar-refractivity contribution is 5.93. The number of hydrogen-bond donors (Lipinski definition) is 2. The predicted molar refractivity (Wildman–Crippen MR) is 110 cm³/mol. The SMILES string of the molecule is CCc1cccc(NC(=O)CCC(=O)N(C)Cc2n[nH]c3c2CCCCC3)c1. The van der Waals surface area contributed by atoms with Crippen molar-refractivity contribution in [3.63, 3.8) is 0 Å². The second-order valence-electron chi connectivity index (χ2n) is 7.54. The van der Waals surface area contributed by atoms with Crippen LogP contribution >= 0.6 is 0 Å². The standard InChI is InChI=1S/C22H30N4O2/c1-3-16-8-7-9-17(14-16)23-21(27)12-13-22(28)26(2)15-20-18-10-5-4-6-11-19(18)24-25-20/h7-9,14H,3-6,10-13,15H2,1-2H3,(H,23,27)(H,24,25). The van der Waals surface area contributed by atoms with E-state index >= 15 is 0 Å². The minimum atomic E-state index is -0.136. The molecule has 1 aliphatic rings. The summed E-state index contributed by atoms with van der Waals surface area (Å²) in [7, 11) is 1.78. The van der Waals surface area contributed by atoms with Crippen molar-refractivity contribution in [1.82, 2.24) is 15.1 Å². The van der Waals surface area contributed by atoms with E-state index in [1.165, 1.54) is 36.1 Å². The van der Waals surface area contributed by atoms with Gasteiger partial charge in [0.15, 0.2) is 0 Å². The summed E-state index contributed by atoms with van der Waals surface area (Å²) in [4.78, 5) is 26.3.